The number of hydrazine groups is 1. The Hall–Kier alpha value is -1.30. The van der Waals surface area contributed by atoms with Gasteiger partial charge in [-0.3, -0.25) is 10.2 Å². The Morgan fingerprint density at radius 1 is 1.82 bits per heavy atom. The standard InChI is InChI=1S/C5H9N3O3/c6-3-4(9)7-8-1-2-11-5(8)10/h1-3,6H2,(H,7,9). The maximum atomic E-state index is 10.7. The first-order chi connectivity index (χ1) is 5.24. The minimum Gasteiger partial charge on any atom is -0.446 e. The molecule has 0 aromatic rings. The minimum atomic E-state index is -0.535. The highest BCUT2D eigenvalue weighted by Crippen LogP contribution is 1.97. The van der Waals surface area contributed by atoms with Gasteiger partial charge < -0.3 is 10.5 Å². The Balaban J connectivity index is 2.36. The molecule has 1 aliphatic heterocycles. The average Bonchev–Trinajstić information content (AvgIpc) is 2.37. The number of hydrogen-bond acceptors (Lipinski definition) is 4. The number of nitrogens with one attached hydrogen (secondary N) is 1. The normalized spacial score (nSPS) is 16.5. The van der Waals surface area contributed by atoms with Crippen molar-refractivity contribution in [1.29, 1.82) is 0 Å². The number of rotatable bonds is 2. The Kier molecular flexibility index (Phi) is 2.27. The first-order valence-corrected chi connectivity index (χ1v) is 3.18. The third kappa shape index (κ3) is 1.81. The van der Waals surface area contributed by atoms with E-state index in [9.17, 15) is 9.59 Å². The number of cyclic esters (lactones) is 1. The molecule has 0 aromatic carbocycles. The summed E-state index contributed by atoms with van der Waals surface area (Å²) in [5, 5.41) is 1.09. The maximum Gasteiger partial charge on any atom is 0.428 e. The van der Waals surface area contributed by atoms with Crippen LogP contribution >= 0.6 is 0 Å². The molecule has 2 amide bonds. The third-order valence-corrected chi connectivity index (χ3v) is 1.21. The van der Waals surface area contributed by atoms with Crippen molar-refractivity contribution in [1.82, 2.24) is 10.4 Å². The molecule has 0 aromatic heterocycles. The summed E-state index contributed by atoms with van der Waals surface area (Å²) in [6, 6.07) is 0. The predicted molar refractivity (Wildman–Crippen MR) is 35.3 cm³/mol. The predicted octanol–water partition coefficient (Wildman–Crippen LogP) is -1.57. The Morgan fingerprint density at radius 2 is 2.55 bits per heavy atom. The van der Waals surface area contributed by atoms with Gasteiger partial charge in [-0.05, 0) is 0 Å². The fraction of sp³-hybridized carbons (Fsp3) is 0.600. The van der Waals surface area contributed by atoms with Gasteiger partial charge >= 0.3 is 6.09 Å². The molecule has 1 saturated heterocycles. The average molecular weight is 159 g/mol. The highest BCUT2D eigenvalue weighted by atomic mass is 16.6. The van der Waals surface area contributed by atoms with E-state index in [4.69, 9.17) is 5.73 Å². The summed E-state index contributed by atoms with van der Waals surface area (Å²) in [6.07, 6.45) is -0.535. The van der Waals surface area contributed by atoms with Crippen LogP contribution in [0.1, 0.15) is 0 Å². The number of carbonyl (C=O) groups excluding carboxylic acids is 2. The first kappa shape index (κ1) is 7.80. The minimum absolute atomic E-state index is 0.135. The fourth-order valence-electron chi connectivity index (χ4n) is 0.691. The third-order valence-electron chi connectivity index (χ3n) is 1.21. The molecule has 0 atom stereocenters. The Labute approximate surface area is 63.2 Å². The van der Waals surface area contributed by atoms with Crippen LogP contribution in [-0.2, 0) is 9.53 Å². The van der Waals surface area contributed by atoms with Crippen LogP contribution in [0.2, 0.25) is 0 Å². The van der Waals surface area contributed by atoms with E-state index in [1.165, 1.54) is 0 Å². The maximum absolute atomic E-state index is 10.7. The van der Waals surface area contributed by atoms with Crippen LogP contribution in [0.25, 0.3) is 0 Å². The van der Waals surface area contributed by atoms with Gasteiger partial charge in [0.25, 0.3) is 5.91 Å². The molecule has 1 fully saturated rings. The summed E-state index contributed by atoms with van der Waals surface area (Å²) in [5.74, 6) is -0.399. The van der Waals surface area contributed by atoms with Gasteiger partial charge in [0.15, 0.2) is 0 Å². The molecule has 1 rings (SSSR count). The molecule has 0 saturated carbocycles. The molecule has 0 radical (unpaired) electrons. The second-order valence-electron chi connectivity index (χ2n) is 2.01. The van der Waals surface area contributed by atoms with E-state index in [-0.39, 0.29) is 6.54 Å². The van der Waals surface area contributed by atoms with Crippen LogP contribution in [0.15, 0.2) is 0 Å². The number of hydrogen-bond donors (Lipinski definition) is 2. The van der Waals surface area contributed by atoms with E-state index in [1.807, 2.05) is 0 Å². The van der Waals surface area contributed by atoms with Crippen LogP contribution < -0.4 is 11.2 Å². The highest BCUT2D eigenvalue weighted by Gasteiger charge is 2.22. The summed E-state index contributed by atoms with van der Waals surface area (Å²) in [4.78, 5) is 21.3. The van der Waals surface area contributed by atoms with Crippen LogP contribution in [-0.4, -0.2) is 36.7 Å². The van der Waals surface area contributed by atoms with E-state index in [0.29, 0.717) is 13.2 Å². The summed E-state index contributed by atoms with van der Waals surface area (Å²) < 4.78 is 4.54. The molecule has 3 N–H and O–H groups in total. The quantitative estimate of drug-likeness (QED) is 0.509. The van der Waals surface area contributed by atoms with Crippen molar-refractivity contribution in [2.75, 3.05) is 19.7 Å². The zero-order chi connectivity index (χ0) is 8.27. The molecule has 6 heteroatoms. The van der Waals surface area contributed by atoms with Gasteiger partial charge in [-0.25, -0.2) is 9.80 Å². The Bertz CT molecular complexity index is 182. The van der Waals surface area contributed by atoms with E-state index < -0.39 is 12.0 Å². The fourth-order valence-corrected chi connectivity index (χ4v) is 0.691. The summed E-state index contributed by atoms with van der Waals surface area (Å²) in [7, 11) is 0. The summed E-state index contributed by atoms with van der Waals surface area (Å²) in [5.41, 5.74) is 7.28. The first-order valence-electron chi connectivity index (χ1n) is 3.18. The highest BCUT2D eigenvalue weighted by molar-refractivity contribution is 5.80. The van der Waals surface area contributed by atoms with Crippen LogP contribution in [0, 0.1) is 0 Å². The van der Waals surface area contributed by atoms with E-state index in [2.05, 4.69) is 10.2 Å². The van der Waals surface area contributed by atoms with Crippen molar-refractivity contribution in [3.8, 4) is 0 Å². The number of ether oxygens (including phenoxy) is 1. The van der Waals surface area contributed by atoms with Crippen molar-refractivity contribution in [3.63, 3.8) is 0 Å². The SMILES string of the molecule is NCC(=O)NN1CCOC1=O. The Morgan fingerprint density at radius 3 is 3.00 bits per heavy atom. The summed E-state index contributed by atoms with van der Waals surface area (Å²) >= 11 is 0. The van der Waals surface area contributed by atoms with Crippen molar-refractivity contribution in [3.05, 3.63) is 0 Å². The lowest BCUT2D eigenvalue weighted by Gasteiger charge is -2.12. The van der Waals surface area contributed by atoms with Crippen molar-refractivity contribution in [2.24, 2.45) is 5.73 Å². The van der Waals surface area contributed by atoms with E-state index in [1.54, 1.807) is 0 Å². The molecule has 62 valence electrons. The van der Waals surface area contributed by atoms with Gasteiger partial charge in [-0.2, -0.15) is 0 Å². The molecular weight excluding hydrogens is 150 g/mol. The molecule has 1 heterocycles. The molecule has 0 aliphatic carbocycles. The van der Waals surface area contributed by atoms with Crippen molar-refractivity contribution in [2.45, 2.75) is 0 Å². The van der Waals surface area contributed by atoms with Crippen LogP contribution in [0.4, 0.5) is 4.79 Å². The molecule has 11 heavy (non-hydrogen) atoms. The number of carbonyl (C=O) groups is 2. The zero-order valence-corrected chi connectivity index (χ0v) is 5.87. The van der Waals surface area contributed by atoms with Gasteiger partial charge in [0.05, 0.1) is 13.1 Å². The van der Waals surface area contributed by atoms with Crippen LogP contribution in [0.3, 0.4) is 0 Å². The van der Waals surface area contributed by atoms with Gasteiger partial charge in [0.1, 0.15) is 6.61 Å². The smallest absolute Gasteiger partial charge is 0.428 e. The second kappa shape index (κ2) is 3.20. The number of nitrogens with zero attached hydrogens (tertiary/aromatic N) is 1. The second-order valence-corrected chi connectivity index (χ2v) is 2.01. The number of nitrogens with two attached hydrogens (primary N) is 1. The molecule has 1 aliphatic rings. The lowest BCUT2D eigenvalue weighted by atomic mass is 10.6. The van der Waals surface area contributed by atoms with Gasteiger partial charge in [-0.1, -0.05) is 0 Å². The monoisotopic (exact) mass is 159 g/mol. The van der Waals surface area contributed by atoms with E-state index in [0.717, 1.165) is 5.01 Å². The summed E-state index contributed by atoms with van der Waals surface area (Å²) in [6.45, 7) is 0.554. The molecule has 0 spiro atoms. The lowest BCUT2D eigenvalue weighted by Crippen LogP contribution is -2.45. The van der Waals surface area contributed by atoms with Crippen molar-refractivity contribution < 1.29 is 14.3 Å². The molecule has 0 unspecified atom stereocenters. The van der Waals surface area contributed by atoms with Crippen LogP contribution in [0.5, 0.6) is 0 Å². The molecule has 6 nitrogen and oxygen atoms in total. The van der Waals surface area contributed by atoms with Gasteiger partial charge in [0.2, 0.25) is 0 Å². The van der Waals surface area contributed by atoms with Gasteiger partial charge in [-0.15, -0.1) is 0 Å². The molecule has 0 bridgehead atoms. The largest absolute Gasteiger partial charge is 0.446 e. The molecular formula is C5H9N3O3. The van der Waals surface area contributed by atoms with Crippen molar-refractivity contribution >= 4 is 12.0 Å². The zero-order valence-electron chi connectivity index (χ0n) is 5.87. The van der Waals surface area contributed by atoms with Gasteiger partial charge in [0, 0.05) is 0 Å². The lowest BCUT2D eigenvalue weighted by molar-refractivity contribution is -0.123. The van der Waals surface area contributed by atoms with E-state index >= 15 is 0 Å². The number of amides is 2. The topological polar surface area (TPSA) is 84.7 Å².